The predicted molar refractivity (Wildman–Crippen MR) is 102 cm³/mol. The van der Waals surface area contributed by atoms with Crippen LogP contribution >= 0.6 is 0 Å². The van der Waals surface area contributed by atoms with Crippen LogP contribution in [0.1, 0.15) is 55.5 Å². The van der Waals surface area contributed by atoms with Gasteiger partial charge in [0.05, 0.1) is 13.7 Å². The van der Waals surface area contributed by atoms with Gasteiger partial charge in [-0.15, -0.1) is 0 Å². The molecule has 0 unspecified atom stereocenters. The molecule has 2 aromatic rings. The molecule has 4 heteroatoms. The monoisotopic (exact) mass is 341 g/mol. The van der Waals surface area contributed by atoms with E-state index in [1.165, 1.54) is 5.56 Å². The summed E-state index contributed by atoms with van der Waals surface area (Å²) in [5.41, 5.74) is 2.52. The van der Waals surface area contributed by atoms with Gasteiger partial charge in [-0.1, -0.05) is 39.3 Å². The Bertz CT molecular complexity index is 710. The molecule has 0 bridgehead atoms. The van der Waals surface area contributed by atoms with Crippen molar-refractivity contribution in [3.8, 4) is 11.5 Å². The number of benzene rings is 2. The molecule has 0 aliphatic heterocycles. The summed E-state index contributed by atoms with van der Waals surface area (Å²) < 4.78 is 11.1. The van der Waals surface area contributed by atoms with Crippen LogP contribution in [0.2, 0.25) is 0 Å². The fraction of sp³-hybridized carbons (Fsp3) is 0.381. The summed E-state index contributed by atoms with van der Waals surface area (Å²) in [6, 6.07) is 13.2. The second-order valence-corrected chi connectivity index (χ2v) is 6.30. The molecule has 2 aromatic carbocycles. The van der Waals surface area contributed by atoms with Crippen molar-refractivity contribution in [1.29, 1.82) is 0 Å². The molecule has 2 rings (SSSR count). The number of carbonyl (C=O) groups excluding carboxylic acids is 1. The maximum absolute atomic E-state index is 12.5. The summed E-state index contributed by atoms with van der Waals surface area (Å²) >= 11 is 0. The summed E-state index contributed by atoms with van der Waals surface area (Å²) in [5.74, 6) is 1.48. The first-order chi connectivity index (χ1) is 12.0. The number of methoxy groups -OCH3 is 1. The van der Waals surface area contributed by atoms with Crippen LogP contribution in [0.25, 0.3) is 0 Å². The van der Waals surface area contributed by atoms with Gasteiger partial charge in [-0.25, -0.2) is 0 Å². The molecule has 0 aliphatic carbocycles. The number of amides is 1. The summed E-state index contributed by atoms with van der Waals surface area (Å²) in [4.78, 5) is 12.5. The number of ether oxygens (including phenoxy) is 2. The zero-order valence-electron chi connectivity index (χ0n) is 15.5. The quantitative estimate of drug-likeness (QED) is 0.667. The van der Waals surface area contributed by atoms with Crippen molar-refractivity contribution in [2.75, 3.05) is 19.0 Å². The normalized spacial score (nSPS) is 10.6. The van der Waals surface area contributed by atoms with Gasteiger partial charge in [0, 0.05) is 11.3 Å². The zero-order valence-corrected chi connectivity index (χ0v) is 15.5. The lowest BCUT2D eigenvalue weighted by Crippen LogP contribution is -2.12. The minimum atomic E-state index is -0.167. The largest absolute Gasteiger partial charge is 0.493 e. The molecule has 0 atom stereocenters. The molecule has 0 spiro atoms. The lowest BCUT2D eigenvalue weighted by atomic mass is 10.0. The average molecular weight is 341 g/mol. The van der Waals surface area contributed by atoms with Crippen LogP contribution in [0.4, 0.5) is 5.69 Å². The van der Waals surface area contributed by atoms with Gasteiger partial charge in [0.1, 0.15) is 0 Å². The summed E-state index contributed by atoms with van der Waals surface area (Å²) in [7, 11) is 1.58. The number of rotatable bonds is 8. The molecule has 25 heavy (non-hydrogen) atoms. The predicted octanol–water partition coefficient (Wildman–Crippen LogP) is 5.25. The Morgan fingerprint density at radius 3 is 2.60 bits per heavy atom. The van der Waals surface area contributed by atoms with E-state index in [0.717, 1.165) is 18.5 Å². The number of hydrogen-bond donors (Lipinski definition) is 1. The van der Waals surface area contributed by atoms with Crippen LogP contribution in [0.3, 0.4) is 0 Å². The van der Waals surface area contributed by atoms with E-state index in [-0.39, 0.29) is 5.91 Å². The highest BCUT2D eigenvalue weighted by Gasteiger charge is 2.12. The first-order valence-electron chi connectivity index (χ1n) is 8.77. The second-order valence-electron chi connectivity index (χ2n) is 6.30. The van der Waals surface area contributed by atoms with E-state index in [2.05, 4.69) is 32.2 Å². The van der Waals surface area contributed by atoms with Crippen LogP contribution < -0.4 is 14.8 Å². The standard InChI is InChI=1S/C21H27NO3/c1-5-6-12-25-19-11-10-17(14-20(19)24-4)21(23)22-18-9-7-8-16(13-18)15(2)3/h7-11,13-15H,5-6,12H2,1-4H3,(H,22,23). The van der Waals surface area contributed by atoms with Gasteiger partial charge in [0.2, 0.25) is 0 Å². The van der Waals surface area contributed by atoms with E-state index in [4.69, 9.17) is 9.47 Å². The Hall–Kier alpha value is -2.49. The fourth-order valence-electron chi connectivity index (χ4n) is 2.43. The van der Waals surface area contributed by atoms with Gasteiger partial charge in [-0.3, -0.25) is 4.79 Å². The van der Waals surface area contributed by atoms with E-state index in [1.807, 2.05) is 18.2 Å². The van der Waals surface area contributed by atoms with Crippen molar-refractivity contribution in [2.45, 2.75) is 39.5 Å². The first kappa shape index (κ1) is 18.8. The summed E-state index contributed by atoms with van der Waals surface area (Å²) in [6.45, 7) is 7.01. The van der Waals surface area contributed by atoms with Crippen LogP contribution in [-0.4, -0.2) is 19.6 Å². The van der Waals surface area contributed by atoms with Crippen LogP contribution in [0, 0.1) is 0 Å². The topological polar surface area (TPSA) is 47.6 Å². The van der Waals surface area contributed by atoms with Gasteiger partial charge >= 0.3 is 0 Å². The number of nitrogens with one attached hydrogen (secondary N) is 1. The molecule has 134 valence electrons. The van der Waals surface area contributed by atoms with Gasteiger partial charge in [0.15, 0.2) is 11.5 Å². The average Bonchev–Trinajstić information content (AvgIpc) is 2.62. The fourth-order valence-corrected chi connectivity index (χ4v) is 2.43. The molecule has 1 N–H and O–H groups in total. The molecule has 0 aliphatic rings. The van der Waals surface area contributed by atoms with Gasteiger partial charge in [0.25, 0.3) is 5.91 Å². The highest BCUT2D eigenvalue weighted by Crippen LogP contribution is 2.29. The highest BCUT2D eigenvalue weighted by molar-refractivity contribution is 6.04. The third kappa shape index (κ3) is 5.24. The Balaban J connectivity index is 2.12. The highest BCUT2D eigenvalue weighted by atomic mass is 16.5. The lowest BCUT2D eigenvalue weighted by Gasteiger charge is -2.13. The molecule has 0 heterocycles. The smallest absolute Gasteiger partial charge is 0.255 e. The Labute approximate surface area is 150 Å². The van der Waals surface area contributed by atoms with Crippen LogP contribution in [0.5, 0.6) is 11.5 Å². The lowest BCUT2D eigenvalue weighted by molar-refractivity contribution is 0.102. The summed E-state index contributed by atoms with van der Waals surface area (Å²) in [5, 5.41) is 2.94. The van der Waals surface area contributed by atoms with Crippen LogP contribution in [0.15, 0.2) is 42.5 Å². The van der Waals surface area contributed by atoms with Crippen LogP contribution in [-0.2, 0) is 0 Å². The number of unbranched alkanes of at least 4 members (excludes halogenated alkanes) is 1. The van der Waals surface area contributed by atoms with E-state index in [0.29, 0.717) is 29.6 Å². The van der Waals surface area contributed by atoms with Crippen molar-refractivity contribution in [3.05, 3.63) is 53.6 Å². The molecule has 1 amide bonds. The van der Waals surface area contributed by atoms with Crippen molar-refractivity contribution in [3.63, 3.8) is 0 Å². The molecular formula is C21H27NO3. The van der Waals surface area contributed by atoms with Gasteiger partial charge in [-0.2, -0.15) is 0 Å². The van der Waals surface area contributed by atoms with E-state index in [9.17, 15) is 4.79 Å². The number of carbonyl (C=O) groups is 1. The van der Waals surface area contributed by atoms with E-state index < -0.39 is 0 Å². The number of hydrogen-bond acceptors (Lipinski definition) is 3. The third-order valence-electron chi connectivity index (χ3n) is 3.99. The Morgan fingerprint density at radius 2 is 1.92 bits per heavy atom. The first-order valence-corrected chi connectivity index (χ1v) is 8.77. The van der Waals surface area contributed by atoms with E-state index >= 15 is 0 Å². The molecule has 0 aromatic heterocycles. The Kier molecular flexibility index (Phi) is 6.87. The molecule has 4 nitrogen and oxygen atoms in total. The maximum Gasteiger partial charge on any atom is 0.255 e. The van der Waals surface area contributed by atoms with Crippen molar-refractivity contribution >= 4 is 11.6 Å². The van der Waals surface area contributed by atoms with Crippen molar-refractivity contribution < 1.29 is 14.3 Å². The molecule has 0 radical (unpaired) electrons. The molecular weight excluding hydrogens is 314 g/mol. The maximum atomic E-state index is 12.5. The van der Waals surface area contributed by atoms with E-state index in [1.54, 1.807) is 25.3 Å². The summed E-state index contributed by atoms with van der Waals surface area (Å²) in [6.07, 6.45) is 2.05. The number of anilines is 1. The van der Waals surface area contributed by atoms with Crippen molar-refractivity contribution in [1.82, 2.24) is 0 Å². The zero-order chi connectivity index (χ0) is 18.2. The van der Waals surface area contributed by atoms with Gasteiger partial charge < -0.3 is 14.8 Å². The molecule has 0 saturated heterocycles. The second kappa shape index (κ2) is 9.11. The SMILES string of the molecule is CCCCOc1ccc(C(=O)Nc2cccc(C(C)C)c2)cc1OC. The molecule has 0 saturated carbocycles. The molecule has 0 fully saturated rings. The Morgan fingerprint density at radius 1 is 1.12 bits per heavy atom. The van der Waals surface area contributed by atoms with Gasteiger partial charge in [-0.05, 0) is 48.2 Å². The minimum absolute atomic E-state index is 0.167. The minimum Gasteiger partial charge on any atom is -0.493 e. The third-order valence-corrected chi connectivity index (χ3v) is 3.99. The van der Waals surface area contributed by atoms with Crippen molar-refractivity contribution in [2.24, 2.45) is 0 Å².